The van der Waals surface area contributed by atoms with Gasteiger partial charge in [-0.3, -0.25) is 4.79 Å². The van der Waals surface area contributed by atoms with Crippen molar-refractivity contribution in [2.24, 2.45) is 17.4 Å². The van der Waals surface area contributed by atoms with Crippen molar-refractivity contribution in [3.63, 3.8) is 0 Å². The van der Waals surface area contributed by atoms with Gasteiger partial charge in [-0.15, -0.1) is 0 Å². The predicted molar refractivity (Wildman–Crippen MR) is 71.2 cm³/mol. The average Bonchev–Trinajstić information content (AvgIpc) is 2.25. The predicted octanol–water partition coefficient (Wildman–Crippen LogP) is 1.47. The van der Waals surface area contributed by atoms with Crippen LogP contribution in [0, 0.1) is 5.92 Å². The van der Waals surface area contributed by atoms with Crippen LogP contribution >= 0.6 is 23.8 Å². The third-order valence-corrected chi connectivity index (χ3v) is 2.72. The molecule has 0 aliphatic rings. The van der Waals surface area contributed by atoms with E-state index in [0.717, 1.165) is 0 Å². The van der Waals surface area contributed by atoms with E-state index in [-0.39, 0.29) is 17.5 Å². The van der Waals surface area contributed by atoms with Gasteiger partial charge in [-0.1, -0.05) is 30.7 Å². The first-order valence-corrected chi connectivity index (χ1v) is 5.72. The van der Waals surface area contributed by atoms with Crippen LogP contribution in [0.5, 0.6) is 5.75 Å². The highest BCUT2D eigenvalue weighted by Crippen LogP contribution is 2.22. The molecule has 17 heavy (non-hydrogen) atoms. The number of thiocarbonyl (C=S) groups is 1. The third-order valence-electron chi connectivity index (χ3n) is 2.19. The molecule has 0 heterocycles. The van der Waals surface area contributed by atoms with Crippen LogP contribution in [0.3, 0.4) is 0 Å². The summed E-state index contributed by atoms with van der Waals surface area (Å²) in [6, 6.07) is 4.97. The van der Waals surface area contributed by atoms with E-state index in [4.69, 9.17) is 40.0 Å². The van der Waals surface area contributed by atoms with Gasteiger partial charge in [-0.25, -0.2) is 0 Å². The van der Waals surface area contributed by atoms with Gasteiger partial charge in [-0.2, -0.15) is 0 Å². The normalized spacial score (nSPS) is 11.9. The summed E-state index contributed by atoms with van der Waals surface area (Å²) in [6.45, 7) is 1.89. The molecule has 0 aromatic heterocycles. The molecule has 0 spiro atoms. The number of hydrogen-bond acceptors (Lipinski definition) is 3. The molecule has 0 saturated carbocycles. The standard InChI is InChI=1S/C11H13ClN2O2S/c1-6(10(13)15)5-16-7-2-3-8(11(14)17)9(12)4-7/h2-4,6H,5H2,1H3,(H2,13,15)(H2,14,17). The van der Waals surface area contributed by atoms with Gasteiger partial charge >= 0.3 is 0 Å². The van der Waals surface area contributed by atoms with Crippen molar-refractivity contribution >= 4 is 34.7 Å². The van der Waals surface area contributed by atoms with E-state index in [0.29, 0.717) is 16.3 Å². The Kier molecular flexibility index (Phi) is 4.72. The van der Waals surface area contributed by atoms with Crippen LogP contribution in [0.25, 0.3) is 0 Å². The van der Waals surface area contributed by atoms with Crippen molar-refractivity contribution in [3.8, 4) is 5.75 Å². The van der Waals surface area contributed by atoms with Gasteiger partial charge in [0.1, 0.15) is 10.7 Å². The zero-order valence-electron chi connectivity index (χ0n) is 9.27. The molecule has 1 aromatic carbocycles. The molecule has 1 amide bonds. The smallest absolute Gasteiger partial charge is 0.223 e. The molecule has 0 aliphatic carbocycles. The Bertz CT molecular complexity index is 451. The van der Waals surface area contributed by atoms with E-state index >= 15 is 0 Å². The maximum atomic E-state index is 10.8. The van der Waals surface area contributed by atoms with Crippen LogP contribution in [-0.2, 0) is 4.79 Å². The van der Waals surface area contributed by atoms with Crippen molar-refractivity contribution in [1.29, 1.82) is 0 Å². The number of hydrogen-bond donors (Lipinski definition) is 2. The van der Waals surface area contributed by atoms with Gasteiger partial charge in [-0.05, 0) is 18.2 Å². The summed E-state index contributed by atoms with van der Waals surface area (Å²) in [5, 5.41) is 0.418. The lowest BCUT2D eigenvalue weighted by molar-refractivity contribution is -0.122. The summed E-state index contributed by atoms with van der Waals surface area (Å²) in [4.78, 5) is 11.0. The molecule has 4 N–H and O–H groups in total. The number of nitrogens with two attached hydrogens (primary N) is 2. The molecular weight excluding hydrogens is 260 g/mol. The fourth-order valence-corrected chi connectivity index (χ4v) is 1.60. The second kappa shape index (κ2) is 5.84. The van der Waals surface area contributed by atoms with Crippen LogP contribution in [0.15, 0.2) is 18.2 Å². The molecule has 1 unspecified atom stereocenters. The van der Waals surface area contributed by atoms with Crippen LogP contribution in [-0.4, -0.2) is 17.5 Å². The summed E-state index contributed by atoms with van der Waals surface area (Å²) in [6.07, 6.45) is 0. The highest BCUT2D eigenvalue weighted by Gasteiger charge is 2.10. The van der Waals surface area contributed by atoms with Gasteiger partial charge in [0.25, 0.3) is 0 Å². The number of carbonyl (C=O) groups is 1. The minimum atomic E-state index is -0.407. The van der Waals surface area contributed by atoms with Crippen molar-refractivity contribution in [2.75, 3.05) is 6.61 Å². The minimum absolute atomic E-state index is 0.206. The molecule has 0 aliphatic heterocycles. The summed E-state index contributed by atoms with van der Waals surface area (Å²) < 4.78 is 5.38. The molecule has 92 valence electrons. The summed E-state index contributed by atoms with van der Waals surface area (Å²) >= 11 is 10.8. The molecule has 1 atom stereocenters. The number of carbonyl (C=O) groups excluding carboxylic acids is 1. The van der Waals surface area contributed by atoms with E-state index in [1.54, 1.807) is 25.1 Å². The first-order valence-electron chi connectivity index (χ1n) is 4.93. The zero-order valence-corrected chi connectivity index (χ0v) is 10.8. The zero-order chi connectivity index (χ0) is 13.0. The van der Waals surface area contributed by atoms with E-state index in [1.807, 2.05) is 0 Å². The van der Waals surface area contributed by atoms with Crippen molar-refractivity contribution in [3.05, 3.63) is 28.8 Å². The van der Waals surface area contributed by atoms with Crippen LogP contribution in [0.1, 0.15) is 12.5 Å². The number of halogens is 1. The monoisotopic (exact) mass is 272 g/mol. The fraction of sp³-hybridized carbons (Fsp3) is 0.273. The first-order chi connectivity index (χ1) is 7.91. The molecule has 0 bridgehead atoms. The van der Waals surface area contributed by atoms with Crippen LogP contribution in [0.2, 0.25) is 5.02 Å². The quantitative estimate of drug-likeness (QED) is 0.796. The van der Waals surface area contributed by atoms with E-state index in [9.17, 15) is 4.79 Å². The Hall–Kier alpha value is -1.33. The lowest BCUT2D eigenvalue weighted by Crippen LogP contribution is -2.25. The number of amides is 1. The number of primary amides is 1. The van der Waals surface area contributed by atoms with Crippen LogP contribution < -0.4 is 16.2 Å². The Morgan fingerprint density at radius 3 is 2.65 bits per heavy atom. The Morgan fingerprint density at radius 2 is 2.18 bits per heavy atom. The van der Waals surface area contributed by atoms with E-state index in [2.05, 4.69) is 0 Å². The lowest BCUT2D eigenvalue weighted by Gasteiger charge is -2.11. The SMILES string of the molecule is CC(COc1ccc(C(N)=S)c(Cl)c1)C(N)=O. The van der Waals surface area contributed by atoms with Gasteiger partial charge < -0.3 is 16.2 Å². The van der Waals surface area contributed by atoms with Crippen LogP contribution in [0.4, 0.5) is 0 Å². The van der Waals surface area contributed by atoms with Gasteiger partial charge in [0.2, 0.25) is 5.91 Å². The second-order valence-corrected chi connectivity index (χ2v) is 4.47. The number of rotatable bonds is 5. The largest absolute Gasteiger partial charge is 0.493 e. The molecule has 6 heteroatoms. The number of benzene rings is 1. The van der Waals surface area contributed by atoms with E-state index < -0.39 is 5.91 Å². The van der Waals surface area contributed by atoms with E-state index in [1.165, 1.54) is 0 Å². The van der Waals surface area contributed by atoms with Crippen molar-refractivity contribution in [1.82, 2.24) is 0 Å². The lowest BCUT2D eigenvalue weighted by atomic mass is 10.2. The average molecular weight is 273 g/mol. The molecule has 0 saturated heterocycles. The summed E-state index contributed by atoms with van der Waals surface area (Å²) in [7, 11) is 0. The van der Waals surface area contributed by atoms with Crippen molar-refractivity contribution < 1.29 is 9.53 Å². The maximum Gasteiger partial charge on any atom is 0.223 e. The second-order valence-electron chi connectivity index (χ2n) is 3.62. The minimum Gasteiger partial charge on any atom is -0.493 e. The van der Waals surface area contributed by atoms with Gasteiger partial charge in [0, 0.05) is 5.56 Å². The number of ether oxygens (including phenoxy) is 1. The first kappa shape index (κ1) is 13.7. The molecular formula is C11H13ClN2O2S. The molecule has 1 rings (SSSR count). The summed E-state index contributed by atoms with van der Waals surface area (Å²) in [5.41, 5.74) is 11.2. The molecule has 1 aromatic rings. The Balaban J connectivity index is 2.71. The Labute approximate surface area is 110 Å². The fourth-order valence-electron chi connectivity index (χ4n) is 1.09. The molecule has 4 nitrogen and oxygen atoms in total. The third kappa shape index (κ3) is 3.87. The molecule has 0 radical (unpaired) electrons. The maximum absolute atomic E-state index is 10.8. The Morgan fingerprint density at radius 1 is 1.53 bits per heavy atom. The van der Waals surface area contributed by atoms with Gasteiger partial charge in [0.05, 0.1) is 17.5 Å². The molecule has 0 fully saturated rings. The highest BCUT2D eigenvalue weighted by molar-refractivity contribution is 7.80. The topological polar surface area (TPSA) is 78.3 Å². The summed E-state index contributed by atoms with van der Waals surface area (Å²) in [5.74, 6) is -0.219. The van der Waals surface area contributed by atoms with Gasteiger partial charge in [0.15, 0.2) is 0 Å². The van der Waals surface area contributed by atoms with Crippen molar-refractivity contribution in [2.45, 2.75) is 6.92 Å². The highest BCUT2D eigenvalue weighted by atomic mass is 35.5.